The lowest BCUT2D eigenvalue weighted by Gasteiger charge is -2.31. The summed E-state index contributed by atoms with van der Waals surface area (Å²) in [7, 11) is 0. The molecule has 0 bridgehead atoms. The van der Waals surface area contributed by atoms with Crippen LogP contribution in [0.1, 0.15) is 54.4 Å². The minimum absolute atomic E-state index is 0.00982. The second-order valence-electron chi connectivity index (χ2n) is 5.07. The molecule has 1 aromatic carbocycles. The van der Waals surface area contributed by atoms with E-state index in [-0.39, 0.29) is 11.7 Å². The van der Waals surface area contributed by atoms with Crippen molar-refractivity contribution in [1.29, 1.82) is 0 Å². The number of carbonyl (C=O) groups excluding carboxylic acids is 1. The average molecular weight is 252 g/mol. The van der Waals surface area contributed by atoms with Gasteiger partial charge in [0, 0.05) is 11.5 Å². The summed E-state index contributed by atoms with van der Waals surface area (Å²) in [5.74, 6) is -0.572. The lowest BCUT2D eigenvalue weighted by Crippen LogP contribution is -2.24. The van der Waals surface area contributed by atoms with Gasteiger partial charge in [0.1, 0.15) is 0 Å². The Morgan fingerprint density at radius 3 is 2.33 bits per heavy atom. The van der Waals surface area contributed by atoms with Crippen molar-refractivity contribution in [2.45, 2.75) is 45.0 Å². The van der Waals surface area contributed by atoms with Crippen molar-refractivity contribution < 1.29 is 13.6 Å². The Kier molecular flexibility index (Phi) is 4.10. The lowest BCUT2D eigenvalue weighted by molar-refractivity contribution is 0.0430. The van der Waals surface area contributed by atoms with Gasteiger partial charge in [0.05, 0.1) is 0 Å². The van der Waals surface area contributed by atoms with Crippen LogP contribution >= 0.6 is 0 Å². The van der Waals surface area contributed by atoms with Crippen LogP contribution in [0.2, 0.25) is 0 Å². The number of halogens is 2. The molecule has 1 aromatic rings. The largest absolute Gasteiger partial charge is 0.295 e. The van der Waals surface area contributed by atoms with Gasteiger partial charge in [-0.1, -0.05) is 37.1 Å². The summed E-state index contributed by atoms with van der Waals surface area (Å²) in [6.07, 6.45) is 1.10. The van der Waals surface area contributed by atoms with Gasteiger partial charge in [-0.15, -0.1) is 0 Å². The molecule has 1 saturated carbocycles. The topological polar surface area (TPSA) is 17.1 Å². The van der Waals surface area contributed by atoms with E-state index >= 15 is 0 Å². The third-order valence-corrected chi connectivity index (χ3v) is 3.89. The number of Topliss-reactive ketones (excluding diaryl/α,β-unsaturated/α-hetero) is 1. The summed E-state index contributed by atoms with van der Waals surface area (Å²) in [5.41, 5.74) is 1.59. The molecule has 1 aliphatic carbocycles. The summed E-state index contributed by atoms with van der Waals surface area (Å²) in [6.45, 7) is 1.51. The number of hydrogen-bond donors (Lipinski definition) is 0. The molecule has 98 valence electrons. The van der Waals surface area contributed by atoms with Gasteiger partial charge in [0.2, 0.25) is 6.43 Å². The molecule has 0 aliphatic heterocycles. The molecule has 2 atom stereocenters. The van der Waals surface area contributed by atoms with Crippen LogP contribution in [0.3, 0.4) is 0 Å². The molecule has 0 saturated heterocycles. The maximum atomic E-state index is 13.0. The highest BCUT2D eigenvalue weighted by Gasteiger charge is 2.32. The first-order valence-corrected chi connectivity index (χ1v) is 6.48. The van der Waals surface area contributed by atoms with Crippen molar-refractivity contribution in [2.75, 3.05) is 0 Å². The Morgan fingerprint density at radius 2 is 1.78 bits per heavy atom. The van der Waals surface area contributed by atoms with Crippen molar-refractivity contribution in [3.63, 3.8) is 0 Å². The van der Waals surface area contributed by atoms with Crippen LogP contribution in [0, 0.1) is 5.92 Å². The molecule has 0 aromatic heterocycles. The second-order valence-corrected chi connectivity index (χ2v) is 5.07. The van der Waals surface area contributed by atoms with Gasteiger partial charge in [0.25, 0.3) is 0 Å². The maximum Gasteiger partial charge on any atom is 0.242 e. The van der Waals surface area contributed by atoms with E-state index in [1.807, 2.05) is 12.1 Å². The molecule has 0 heterocycles. The van der Waals surface area contributed by atoms with E-state index in [9.17, 15) is 13.6 Å². The molecule has 0 N–H and O–H groups in total. The molecule has 18 heavy (non-hydrogen) atoms. The van der Waals surface area contributed by atoms with Gasteiger partial charge in [-0.3, -0.25) is 4.79 Å². The Morgan fingerprint density at radius 1 is 1.17 bits per heavy atom. The van der Waals surface area contributed by atoms with Crippen molar-refractivity contribution in [3.05, 3.63) is 35.4 Å². The standard InChI is InChI=1S/C15H18F2O/c1-10(18)11-6-8-12(9-7-11)13-4-2-3-5-14(13)15(16)17/h6-9,13-15H,2-5H2,1H3. The quantitative estimate of drug-likeness (QED) is 0.727. The van der Waals surface area contributed by atoms with Crippen LogP contribution in [-0.2, 0) is 0 Å². The lowest BCUT2D eigenvalue weighted by atomic mass is 9.75. The number of rotatable bonds is 3. The third kappa shape index (κ3) is 2.77. The van der Waals surface area contributed by atoms with Crippen LogP contribution in [0.25, 0.3) is 0 Å². The van der Waals surface area contributed by atoms with E-state index in [1.54, 1.807) is 12.1 Å². The molecule has 2 rings (SSSR count). The molecule has 3 heteroatoms. The first-order chi connectivity index (χ1) is 8.59. The molecule has 0 amide bonds. The number of carbonyl (C=O) groups is 1. The fourth-order valence-corrected chi connectivity index (χ4v) is 2.84. The summed E-state index contributed by atoms with van der Waals surface area (Å²) < 4.78 is 26.0. The molecule has 0 radical (unpaired) electrons. The zero-order valence-electron chi connectivity index (χ0n) is 10.5. The fourth-order valence-electron chi connectivity index (χ4n) is 2.84. The van der Waals surface area contributed by atoms with Crippen molar-refractivity contribution >= 4 is 5.78 Å². The van der Waals surface area contributed by atoms with E-state index in [0.29, 0.717) is 12.0 Å². The molecule has 1 aliphatic rings. The van der Waals surface area contributed by atoms with Crippen LogP contribution in [0.4, 0.5) is 8.78 Å². The van der Waals surface area contributed by atoms with E-state index in [1.165, 1.54) is 6.92 Å². The van der Waals surface area contributed by atoms with Crippen LogP contribution < -0.4 is 0 Å². The second kappa shape index (κ2) is 5.59. The van der Waals surface area contributed by atoms with Crippen molar-refractivity contribution in [1.82, 2.24) is 0 Å². The van der Waals surface area contributed by atoms with Crippen LogP contribution in [-0.4, -0.2) is 12.2 Å². The summed E-state index contributed by atoms with van der Waals surface area (Å²) in [6, 6.07) is 7.16. The van der Waals surface area contributed by atoms with Gasteiger partial charge >= 0.3 is 0 Å². The summed E-state index contributed by atoms with van der Waals surface area (Å²) >= 11 is 0. The molecule has 2 unspecified atom stereocenters. The summed E-state index contributed by atoms with van der Waals surface area (Å²) in [5, 5.41) is 0. The number of alkyl halides is 2. The Bertz CT molecular complexity index is 411. The molecular formula is C15H18F2O. The molecule has 1 nitrogen and oxygen atoms in total. The van der Waals surface area contributed by atoms with Crippen molar-refractivity contribution in [3.8, 4) is 0 Å². The van der Waals surface area contributed by atoms with Gasteiger partial charge in [-0.25, -0.2) is 8.78 Å². The van der Waals surface area contributed by atoms with Gasteiger partial charge < -0.3 is 0 Å². The Labute approximate surface area is 106 Å². The number of hydrogen-bond acceptors (Lipinski definition) is 1. The fraction of sp³-hybridized carbons (Fsp3) is 0.533. The maximum absolute atomic E-state index is 13.0. The van der Waals surface area contributed by atoms with Gasteiger partial charge in [-0.05, 0) is 31.2 Å². The number of ketones is 1. The van der Waals surface area contributed by atoms with E-state index in [2.05, 4.69) is 0 Å². The highest BCUT2D eigenvalue weighted by molar-refractivity contribution is 5.94. The summed E-state index contributed by atoms with van der Waals surface area (Å²) in [4.78, 5) is 11.2. The molecule has 1 fully saturated rings. The first-order valence-electron chi connectivity index (χ1n) is 6.48. The Balaban J connectivity index is 2.20. The monoisotopic (exact) mass is 252 g/mol. The molecule has 0 spiro atoms. The molecular weight excluding hydrogens is 234 g/mol. The van der Waals surface area contributed by atoms with Crippen molar-refractivity contribution in [2.24, 2.45) is 5.92 Å². The highest BCUT2D eigenvalue weighted by atomic mass is 19.3. The van der Waals surface area contributed by atoms with Crippen LogP contribution in [0.15, 0.2) is 24.3 Å². The SMILES string of the molecule is CC(=O)c1ccc(C2CCCCC2C(F)F)cc1. The average Bonchev–Trinajstić information content (AvgIpc) is 2.39. The van der Waals surface area contributed by atoms with E-state index < -0.39 is 12.3 Å². The zero-order chi connectivity index (χ0) is 13.1. The smallest absolute Gasteiger partial charge is 0.242 e. The Hall–Kier alpha value is -1.25. The third-order valence-electron chi connectivity index (χ3n) is 3.89. The van der Waals surface area contributed by atoms with E-state index in [4.69, 9.17) is 0 Å². The first kappa shape index (κ1) is 13.2. The predicted octanol–water partition coefficient (Wildman–Crippen LogP) is 4.43. The minimum Gasteiger partial charge on any atom is -0.295 e. The van der Waals surface area contributed by atoms with Crippen LogP contribution in [0.5, 0.6) is 0 Å². The normalized spacial score (nSPS) is 24.2. The predicted molar refractivity (Wildman–Crippen MR) is 67.1 cm³/mol. The highest BCUT2D eigenvalue weighted by Crippen LogP contribution is 2.40. The van der Waals surface area contributed by atoms with Gasteiger partial charge in [-0.2, -0.15) is 0 Å². The number of benzene rings is 1. The zero-order valence-corrected chi connectivity index (χ0v) is 10.5. The van der Waals surface area contributed by atoms with Gasteiger partial charge in [0.15, 0.2) is 5.78 Å². The minimum atomic E-state index is -2.25. The van der Waals surface area contributed by atoms with E-state index in [0.717, 1.165) is 24.8 Å².